The molecule has 0 aliphatic heterocycles. The monoisotopic (exact) mass is 294 g/mol. The standard InChI is InChI=1S/C19H34O2/c1-7-15-20-19(6,21-16-8-2)14-10-13-18(5)12-9-11-17(3)4/h10-11,13-14H,7-9,12,15-16H2,1-6H3/b14-10+,18-13+. The highest BCUT2D eigenvalue weighted by Crippen LogP contribution is 2.16. The Bertz CT molecular complexity index is 339. The van der Waals surface area contributed by atoms with E-state index in [-0.39, 0.29) is 0 Å². The fourth-order valence-electron chi connectivity index (χ4n) is 1.81. The number of allylic oxidation sites excluding steroid dienone is 5. The molecule has 0 aliphatic rings. The van der Waals surface area contributed by atoms with Gasteiger partial charge in [-0.1, -0.05) is 43.2 Å². The Hall–Kier alpha value is -0.860. The molecular weight excluding hydrogens is 260 g/mol. The van der Waals surface area contributed by atoms with Crippen LogP contribution >= 0.6 is 0 Å². The lowest BCUT2D eigenvalue weighted by atomic mass is 10.1. The Morgan fingerprint density at radius 3 is 2.05 bits per heavy atom. The maximum atomic E-state index is 5.83. The van der Waals surface area contributed by atoms with Crippen molar-refractivity contribution in [3.05, 3.63) is 35.5 Å². The molecule has 122 valence electrons. The molecule has 0 aliphatic carbocycles. The first-order chi connectivity index (χ1) is 9.93. The summed E-state index contributed by atoms with van der Waals surface area (Å²) in [5.41, 5.74) is 2.75. The maximum Gasteiger partial charge on any atom is 0.185 e. The van der Waals surface area contributed by atoms with E-state index >= 15 is 0 Å². The summed E-state index contributed by atoms with van der Waals surface area (Å²) in [6.07, 6.45) is 12.7. The van der Waals surface area contributed by atoms with Crippen LogP contribution in [0.25, 0.3) is 0 Å². The summed E-state index contributed by atoms with van der Waals surface area (Å²) < 4.78 is 11.7. The number of hydrogen-bond acceptors (Lipinski definition) is 2. The zero-order valence-corrected chi connectivity index (χ0v) is 14.9. The average Bonchev–Trinajstić information content (AvgIpc) is 2.43. The Morgan fingerprint density at radius 2 is 1.57 bits per heavy atom. The Kier molecular flexibility index (Phi) is 11.3. The van der Waals surface area contributed by atoms with Crippen molar-refractivity contribution in [3.8, 4) is 0 Å². The molecule has 0 N–H and O–H groups in total. The summed E-state index contributed by atoms with van der Waals surface area (Å²) in [6, 6.07) is 0. The second-order valence-electron chi connectivity index (χ2n) is 5.91. The molecule has 0 aromatic carbocycles. The van der Waals surface area contributed by atoms with Gasteiger partial charge >= 0.3 is 0 Å². The topological polar surface area (TPSA) is 18.5 Å². The van der Waals surface area contributed by atoms with Crippen molar-refractivity contribution in [2.75, 3.05) is 13.2 Å². The fraction of sp³-hybridized carbons (Fsp3) is 0.684. The smallest absolute Gasteiger partial charge is 0.185 e. The van der Waals surface area contributed by atoms with E-state index in [9.17, 15) is 0 Å². The molecule has 2 nitrogen and oxygen atoms in total. The molecule has 0 bridgehead atoms. The molecule has 0 atom stereocenters. The molecule has 21 heavy (non-hydrogen) atoms. The van der Waals surface area contributed by atoms with Gasteiger partial charge in [0, 0.05) is 0 Å². The van der Waals surface area contributed by atoms with Crippen LogP contribution < -0.4 is 0 Å². The van der Waals surface area contributed by atoms with E-state index in [4.69, 9.17) is 9.47 Å². The van der Waals surface area contributed by atoms with Crippen LogP contribution in [0.4, 0.5) is 0 Å². The highest BCUT2D eigenvalue weighted by molar-refractivity contribution is 5.13. The second kappa shape index (κ2) is 11.8. The molecule has 0 aromatic rings. The molecule has 0 heterocycles. The lowest BCUT2D eigenvalue weighted by molar-refractivity contribution is -0.192. The van der Waals surface area contributed by atoms with Crippen molar-refractivity contribution in [1.82, 2.24) is 0 Å². The van der Waals surface area contributed by atoms with E-state index < -0.39 is 5.79 Å². The van der Waals surface area contributed by atoms with Crippen LogP contribution in [0.5, 0.6) is 0 Å². The van der Waals surface area contributed by atoms with Crippen molar-refractivity contribution in [3.63, 3.8) is 0 Å². The summed E-state index contributed by atoms with van der Waals surface area (Å²) in [4.78, 5) is 0. The summed E-state index contributed by atoms with van der Waals surface area (Å²) in [5.74, 6) is -0.608. The minimum Gasteiger partial charge on any atom is -0.347 e. The van der Waals surface area contributed by atoms with Gasteiger partial charge in [-0.15, -0.1) is 0 Å². The predicted molar refractivity (Wildman–Crippen MR) is 92.5 cm³/mol. The normalized spacial score (nSPS) is 13.0. The van der Waals surface area contributed by atoms with E-state index in [2.05, 4.69) is 52.8 Å². The third-order valence-electron chi connectivity index (χ3n) is 3.06. The molecule has 0 saturated heterocycles. The Balaban J connectivity index is 4.49. The summed E-state index contributed by atoms with van der Waals surface area (Å²) in [5, 5.41) is 0. The zero-order chi connectivity index (χ0) is 16.1. The van der Waals surface area contributed by atoms with E-state index in [0.29, 0.717) is 13.2 Å². The molecule has 0 amide bonds. The van der Waals surface area contributed by atoms with Crippen LogP contribution in [0.3, 0.4) is 0 Å². The number of ether oxygens (including phenoxy) is 2. The van der Waals surface area contributed by atoms with Crippen LogP contribution in [0.1, 0.15) is 67.2 Å². The quantitative estimate of drug-likeness (QED) is 0.272. The molecule has 0 fully saturated rings. The van der Waals surface area contributed by atoms with Gasteiger partial charge < -0.3 is 9.47 Å². The van der Waals surface area contributed by atoms with Crippen LogP contribution in [0.2, 0.25) is 0 Å². The van der Waals surface area contributed by atoms with E-state index in [1.54, 1.807) is 0 Å². The van der Waals surface area contributed by atoms with Gasteiger partial charge in [-0.2, -0.15) is 0 Å². The maximum absolute atomic E-state index is 5.83. The van der Waals surface area contributed by atoms with Crippen LogP contribution in [0.15, 0.2) is 35.5 Å². The van der Waals surface area contributed by atoms with E-state index in [1.807, 2.05) is 13.0 Å². The van der Waals surface area contributed by atoms with Crippen molar-refractivity contribution >= 4 is 0 Å². The van der Waals surface area contributed by atoms with Crippen molar-refractivity contribution < 1.29 is 9.47 Å². The molecule has 0 aromatic heterocycles. The van der Waals surface area contributed by atoms with Crippen LogP contribution in [-0.2, 0) is 9.47 Å². The molecule has 2 heteroatoms. The minimum absolute atomic E-state index is 0.608. The second-order valence-corrected chi connectivity index (χ2v) is 5.91. The fourth-order valence-corrected chi connectivity index (χ4v) is 1.81. The van der Waals surface area contributed by atoms with Gasteiger partial charge in [0.1, 0.15) is 0 Å². The first-order valence-electron chi connectivity index (χ1n) is 8.19. The molecule has 0 rings (SSSR count). The van der Waals surface area contributed by atoms with Crippen molar-refractivity contribution in [2.24, 2.45) is 0 Å². The predicted octanol–water partition coefficient (Wildman–Crippen LogP) is 5.80. The number of rotatable bonds is 11. The number of hydrogen-bond donors (Lipinski definition) is 0. The van der Waals surface area contributed by atoms with Crippen molar-refractivity contribution in [1.29, 1.82) is 0 Å². The molecule has 0 saturated carbocycles. The van der Waals surface area contributed by atoms with Crippen LogP contribution in [-0.4, -0.2) is 19.0 Å². The van der Waals surface area contributed by atoms with E-state index in [1.165, 1.54) is 11.1 Å². The van der Waals surface area contributed by atoms with Crippen LogP contribution in [0, 0.1) is 0 Å². The lowest BCUT2D eigenvalue weighted by Crippen LogP contribution is -2.30. The molecule has 0 spiro atoms. The summed E-state index contributed by atoms with van der Waals surface area (Å²) in [7, 11) is 0. The van der Waals surface area contributed by atoms with Gasteiger partial charge in [0.2, 0.25) is 0 Å². The SMILES string of the molecule is CCCOC(C)(/C=C/C=C(\C)CCC=C(C)C)OCCC. The Labute approximate surface area is 131 Å². The largest absolute Gasteiger partial charge is 0.347 e. The van der Waals surface area contributed by atoms with E-state index in [0.717, 1.165) is 25.7 Å². The highest BCUT2D eigenvalue weighted by Gasteiger charge is 2.21. The Morgan fingerprint density at radius 1 is 1.00 bits per heavy atom. The highest BCUT2D eigenvalue weighted by atomic mass is 16.7. The first kappa shape index (κ1) is 20.1. The lowest BCUT2D eigenvalue weighted by Gasteiger charge is -2.26. The third-order valence-corrected chi connectivity index (χ3v) is 3.06. The summed E-state index contributed by atoms with van der Waals surface area (Å²) >= 11 is 0. The van der Waals surface area contributed by atoms with Gasteiger partial charge in [0.05, 0.1) is 13.2 Å². The van der Waals surface area contributed by atoms with Gasteiger partial charge in [0.25, 0.3) is 0 Å². The average molecular weight is 294 g/mol. The first-order valence-corrected chi connectivity index (χ1v) is 8.19. The van der Waals surface area contributed by atoms with Gasteiger partial charge in [-0.05, 0) is 59.5 Å². The third kappa shape index (κ3) is 11.5. The minimum atomic E-state index is -0.608. The van der Waals surface area contributed by atoms with Gasteiger partial charge in [-0.25, -0.2) is 0 Å². The van der Waals surface area contributed by atoms with Crippen molar-refractivity contribution in [2.45, 2.75) is 73.0 Å². The van der Waals surface area contributed by atoms with Gasteiger partial charge in [0.15, 0.2) is 5.79 Å². The molecule has 0 radical (unpaired) electrons. The summed E-state index contributed by atoms with van der Waals surface area (Å²) in [6.45, 7) is 14.1. The zero-order valence-electron chi connectivity index (χ0n) is 14.9. The van der Waals surface area contributed by atoms with Gasteiger partial charge in [-0.3, -0.25) is 0 Å². The molecule has 0 unspecified atom stereocenters. The molecular formula is C19H34O2.